The van der Waals surface area contributed by atoms with Crippen molar-refractivity contribution >= 4 is 12.1 Å². The monoisotopic (exact) mass is 430 g/mol. The van der Waals surface area contributed by atoms with E-state index in [-0.39, 0.29) is 18.3 Å². The molecule has 1 amide bonds. The normalized spacial score (nSPS) is 15.3. The van der Waals surface area contributed by atoms with Crippen molar-refractivity contribution in [1.29, 1.82) is 0 Å². The standard InChI is InChI=1S/C20H29F3N4O3/c1-4-29-19(28)27-16(14-7-8-14)11-26-18(24-3)25-10-15-6-5-13(2)9-17(15)30-12-20(21,22)23/h5-6,9,14,16H,4,7-8,10-12H2,1-3H3,(H,27,28)(H2,24,25,26). The number of halogens is 3. The van der Waals surface area contributed by atoms with Crippen molar-refractivity contribution in [2.24, 2.45) is 10.9 Å². The van der Waals surface area contributed by atoms with Gasteiger partial charge in [0.05, 0.1) is 12.6 Å². The van der Waals surface area contributed by atoms with Gasteiger partial charge in [-0.2, -0.15) is 13.2 Å². The summed E-state index contributed by atoms with van der Waals surface area (Å²) in [5.74, 6) is 1.03. The van der Waals surface area contributed by atoms with E-state index in [1.807, 2.05) is 0 Å². The number of rotatable bonds is 9. The van der Waals surface area contributed by atoms with Gasteiger partial charge >= 0.3 is 12.3 Å². The molecule has 0 saturated heterocycles. The Morgan fingerprint density at radius 3 is 2.63 bits per heavy atom. The summed E-state index contributed by atoms with van der Waals surface area (Å²) in [6.07, 6.45) is -2.79. The summed E-state index contributed by atoms with van der Waals surface area (Å²) >= 11 is 0. The van der Waals surface area contributed by atoms with Gasteiger partial charge in [-0.05, 0) is 44.2 Å². The zero-order valence-electron chi connectivity index (χ0n) is 17.4. The summed E-state index contributed by atoms with van der Waals surface area (Å²) in [6.45, 7) is 3.16. The summed E-state index contributed by atoms with van der Waals surface area (Å²) in [5.41, 5.74) is 1.38. The van der Waals surface area contributed by atoms with Gasteiger partial charge in [-0.15, -0.1) is 0 Å². The first-order valence-electron chi connectivity index (χ1n) is 9.88. The van der Waals surface area contributed by atoms with Crippen molar-refractivity contribution < 1.29 is 27.4 Å². The van der Waals surface area contributed by atoms with Crippen molar-refractivity contribution in [3.05, 3.63) is 29.3 Å². The van der Waals surface area contributed by atoms with Gasteiger partial charge in [0.15, 0.2) is 12.6 Å². The van der Waals surface area contributed by atoms with Gasteiger partial charge in [-0.1, -0.05) is 12.1 Å². The lowest BCUT2D eigenvalue weighted by molar-refractivity contribution is -0.153. The van der Waals surface area contributed by atoms with Crippen molar-refractivity contribution in [3.63, 3.8) is 0 Å². The highest BCUT2D eigenvalue weighted by atomic mass is 19.4. The number of guanidine groups is 1. The third kappa shape index (κ3) is 8.38. The molecule has 30 heavy (non-hydrogen) atoms. The van der Waals surface area contributed by atoms with Crippen LogP contribution in [0.25, 0.3) is 0 Å². The lowest BCUT2D eigenvalue weighted by atomic mass is 10.1. The minimum Gasteiger partial charge on any atom is -0.484 e. The van der Waals surface area contributed by atoms with E-state index in [2.05, 4.69) is 20.9 Å². The fourth-order valence-corrected chi connectivity index (χ4v) is 2.87. The van der Waals surface area contributed by atoms with Crippen LogP contribution in [-0.2, 0) is 11.3 Å². The van der Waals surface area contributed by atoms with Crippen LogP contribution in [-0.4, -0.2) is 51.1 Å². The number of carbonyl (C=O) groups is 1. The molecule has 0 heterocycles. The molecule has 1 unspecified atom stereocenters. The average molecular weight is 430 g/mol. The third-order valence-corrected chi connectivity index (χ3v) is 4.54. The molecule has 1 saturated carbocycles. The molecule has 7 nitrogen and oxygen atoms in total. The van der Waals surface area contributed by atoms with Crippen molar-refractivity contribution in [2.45, 2.75) is 45.5 Å². The van der Waals surface area contributed by atoms with Gasteiger partial charge in [0.25, 0.3) is 0 Å². The fourth-order valence-electron chi connectivity index (χ4n) is 2.87. The predicted octanol–water partition coefficient (Wildman–Crippen LogP) is 3.13. The molecule has 0 radical (unpaired) electrons. The summed E-state index contributed by atoms with van der Waals surface area (Å²) in [6, 6.07) is 5.01. The Hall–Kier alpha value is -2.65. The smallest absolute Gasteiger partial charge is 0.422 e. The van der Waals surface area contributed by atoms with E-state index in [0.717, 1.165) is 18.4 Å². The van der Waals surface area contributed by atoms with Crippen molar-refractivity contribution in [2.75, 3.05) is 26.8 Å². The van der Waals surface area contributed by atoms with Crippen LogP contribution in [0.5, 0.6) is 5.75 Å². The van der Waals surface area contributed by atoms with Crippen LogP contribution < -0.4 is 20.7 Å². The molecule has 2 rings (SSSR count). The SMILES string of the molecule is CCOC(=O)NC(CNC(=NC)NCc1ccc(C)cc1OCC(F)(F)F)C1CC1. The second-order valence-electron chi connectivity index (χ2n) is 7.13. The molecule has 1 aliphatic rings. The molecule has 1 atom stereocenters. The van der Waals surface area contributed by atoms with E-state index in [0.29, 0.717) is 30.6 Å². The molecular weight excluding hydrogens is 401 g/mol. The van der Waals surface area contributed by atoms with Gasteiger partial charge in [-0.25, -0.2) is 4.79 Å². The average Bonchev–Trinajstić information content (AvgIpc) is 3.51. The maximum absolute atomic E-state index is 12.5. The maximum atomic E-state index is 12.5. The first-order chi connectivity index (χ1) is 14.2. The molecular formula is C20H29F3N4O3. The van der Waals surface area contributed by atoms with E-state index in [1.165, 1.54) is 0 Å². The number of carbonyl (C=O) groups excluding carboxylic acids is 1. The highest BCUT2D eigenvalue weighted by Gasteiger charge is 2.32. The second kappa shape index (κ2) is 10.9. The summed E-state index contributed by atoms with van der Waals surface area (Å²) in [4.78, 5) is 15.8. The first kappa shape index (κ1) is 23.6. The molecule has 0 bridgehead atoms. The number of nitrogens with one attached hydrogen (secondary N) is 3. The van der Waals surface area contributed by atoms with E-state index in [1.54, 1.807) is 39.1 Å². The number of hydrogen-bond acceptors (Lipinski definition) is 4. The minimum absolute atomic E-state index is 0.0901. The van der Waals surface area contributed by atoms with Crippen LogP contribution in [0.15, 0.2) is 23.2 Å². The Labute approximate surface area is 174 Å². The predicted molar refractivity (Wildman–Crippen MR) is 108 cm³/mol. The van der Waals surface area contributed by atoms with Crippen molar-refractivity contribution in [3.8, 4) is 5.75 Å². The van der Waals surface area contributed by atoms with Crippen LogP contribution in [0, 0.1) is 12.8 Å². The number of aryl methyl sites for hydroxylation is 1. The molecule has 0 spiro atoms. The Morgan fingerprint density at radius 2 is 2.03 bits per heavy atom. The number of alkyl carbamates (subject to hydrolysis) is 1. The summed E-state index contributed by atoms with van der Waals surface area (Å²) < 4.78 is 47.5. The number of amides is 1. The fraction of sp³-hybridized carbons (Fsp3) is 0.600. The van der Waals surface area contributed by atoms with Gasteiger partial charge in [0, 0.05) is 25.7 Å². The van der Waals surface area contributed by atoms with Gasteiger partial charge in [0.1, 0.15) is 5.75 Å². The lowest BCUT2D eigenvalue weighted by Gasteiger charge is -2.21. The quantitative estimate of drug-likeness (QED) is 0.414. The van der Waals surface area contributed by atoms with Crippen LogP contribution in [0.2, 0.25) is 0 Å². The second-order valence-corrected chi connectivity index (χ2v) is 7.13. The number of nitrogens with zero attached hydrogens (tertiary/aromatic N) is 1. The highest BCUT2D eigenvalue weighted by Crippen LogP contribution is 2.32. The van der Waals surface area contributed by atoms with Crippen LogP contribution in [0.4, 0.5) is 18.0 Å². The number of benzene rings is 1. The Morgan fingerprint density at radius 1 is 1.30 bits per heavy atom. The van der Waals surface area contributed by atoms with E-state index >= 15 is 0 Å². The van der Waals surface area contributed by atoms with Crippen LogP contribution in [0.3, 0.4) is 0 Å². The molecule has 10 heteroatoms. The van der Waals surface area contributed by atoms with Crippen LogP contribution >= 0.6 is 0 Å². The summed E-state index contributed by atoms with van der Waals surface area (Å²) in [5, 5.41) is 9.06. The molecule has 1 aromatic carbocycles. The zero-order chi connectivity index (χ0) is 22.1. The van der Waals surface area contributed by atoms with Gasteiger partial charge in [-0.3, -0.25) is 4.99 Å². The van der Waals surface area contributed by atoms with E-state index < -0.39 is 18.9 Å². The van der Waals surface area contributed by atoms with E-state index in [4.69, 9.17) is 9.47 Å². The molecule has 0 aromatic heterocycles. The number of hydrogen-bond donors (Lipinski definition) is 3. The largest absolute Gasteiger partial charge is 0.484 e. The molecule has 0 aliphatic heterocycles. The Kier molecular flexibility index (Phi) is 8.61. The van der Waals surface area contributed by atoms with Crippen LogP contribution in [0.1, 0.15) is 30.9 Å². The summed E-state index contributed by atoms with van der Waals surface area (Å²) in [7, 11) is 1.59. The number of ether oxygens (including phenoxy) is 2. The molecule has 1 aromatic rings. The molecule has 1 fully saturated rings. The lowest BCUT2D eigenvalue weighted by Crippen LogP contribution is -2.48. The first-order valence-corrected chi connectivity index (χ1v) is 9.88. The van der Waals surface area contributed by atoms with Gasteiger partial charge in [0.2, 0.25) is 0 Å². The highest BCUT2D eigenvalue weighted by molar-refractivity contribution is 5.79. The Bertz CT molecular complexity index is 736. The molecule has 168 valence electrons. The van der Waals surface area contributed by atoms with Crippen molar-refractivity contribution in [1.82, 2.24) is 16.0 Å². The van der Waals surface area contributed by atoms with Gasteiger partial charge < -0.3 is 25.4 Å². The molecule has 3 N–H and O–H groups in total. The third-order valence-electron chi connectivity index (χ3n) is 4.54. The topological polar surface area (TPSA) is 84.0 Å². The minimum atomic E-state index is -4.41. The Balaban J connectivity index is 1.91. The number of alkyl halides is 3. The van der Waals surface area contributed by atoms with E-state index in [9.17, 15) is 18.0 Å². The molecule has 1 aliphatic carbocycles. The number of aliphatic imine (C=N–C) groups is 1. The maximum Gasteiger partial charge on any atom is 0.422 e. The zero-order valence-corrected chi connectivity index (χ0v) is 17.4.